The zero-order valence-electron chi connectivity index (χ0n) is 36.4. The molecule has 0 radical (unpaired) electrons. The van der Waals surface area contributed by atoms with Crippen molar-refractivity contribution in [3.05, 3.63) is 92.1 Å². The van der Waals surface area contributed by atoms with Crippen LogP contribution in [0.3, 0.4) is 0 Å². The van der Waals surface area contributed by atoms with Gasteiger partial charge in [-0.25, -0.2) is 9.18 Å². The van der Waals surface area contributed by atoms with E-state index in [-0.39, 0.29) is 59.5 Å². The van der Waals surface area contributed by atoms with Crippen LogP contribution in [0.15, 0.2) is 59.4 Å². The molecule has 348 valence electrons. The van der Waals surface area contributed by atoms with Crippen molar-refractivity contribution in [3.8, 4) is 5.75 Å². The Bertz CT molecular complexity index is 2730. The summed E-state index contributed by atoms with van der Waals surface area (Å²) in [6, 6.07) is 12.4. The largest absolute Gasteiger partial charge is 0.489 e. The molecule has 15 nitrogen and oxygen atoms in total. The Morgan fingerprint density at radius 1 is 0.939 bits per heavy atom. The maximum absolute atomic E-state index is 16.4. The predicted molar refractivity (Wildman–Crippen MR) is 243 cm³/mol. The van der Waals surface area contributed by atoms with Crippen LogP contribution in [-0.4, -0.2) is 91.6 Å². The maximum Gasteiger partial charge on any atom is 0.329 e. The van der Waals surface area contributed by atoms with Crippen molar-refractivity contribution in [1.82, 2.24) is 30.0 Å². The zero-order valence-corrected chi connectivity index (χ0v) is 37.9. The van der Waals surface area contributed by atoms with Crippen molar-refractivity contribution in [2.24, 2.45) is 13.0 Å². The van der Waals surface area contributed by atoms with Crippen LogP contribution in [0.2, 0.25) is 10.0 Å². The van der Waals surface area contributed by atoms with Gasteiger partial charge in [-0.1, -0.05) is 60.7 Å². The molecule has 5 heterocycles. The highest BCUT2D eigenvalue weighted by Gasteiger charge is 2.72. The van der Waals surface area contributed by atoms with Gasteiger partial charge in [-0.15, -0.1) is 0 Å². The molecule has 18 heteroatoms. The number of nitrogens with one attached hydrogen (secondary N) is 4. The fourth-order valence-corrected chi connectivity index (χ4v) is 12.9. The SMILES string of the molecule is Cn1c(=O)n(C2CCC(=O)NC2=O)c2ccc(O[C@@H]3C[C@@H](C(=O)O)N(CC4CCC(NC(=O)[C@@H]5NC6(CCCCC6)[C@@]6(C(=O)Nc7cc(Cl)ccc76)[C@H]5c5cccc(Cl)c5F)CC4)C3)cc21. The number of aromatic nitrogens is 2. The second-order valence-electron chi connectivity index (χ2n) is 19.2. The second-order valence-corrected chi connectivity index (χ2v) is 20.0. The number of imide groups is 1. The van der Waals surface area contributed by atoms with Gasteiger partial charge in [0.1, 0.15) is 35.2 Å². The lowest BCUT2D eigenvalue weighted by molar-refractivity contribution is -0.142. The minimum Gasteiger partial charge on any atom is -0.489 e. The molecule has 0 bridgehead atoms. The lowest BCUT2D eigenvalue weighted by Gasteiger charge is -2.47. The highest BCUT2D eigenvalue weighted by molar-refractivity contribution is 6.31. The van der Waals surface area contributed by atoms with Crippen LogP contribution in [0.4, 0.5) is 10.1 Å². The number of carboxylic acids is 1. The molecule has 66 heavy (non-hydrogen) atoms. The molecule has 2 spiro atoms. The van der Waals surface area contributed by atoms with E-state index in [0.717, 1.165) is 32.1 Å². The van der Waals surface area contributed by atoms with Gasteiger partial charge in [0.15, 0.2) is 0 Å². The van der Waals surface area contributed by atoms with Crippen molar-refractivity contribution in [2.45, 2.75) is 124 Å². The molecule has 3 aromatic carbocycles. The summed E-state index contributed by atoms with van der Waals surface area (Å²) >= 11 is 12.9. The monoisotopic (exact) mass is 943 g/mol. The Morgan fingerprint density at radius 2 is 1.71 bits per heavy atom. The molecule has 3 saturated heterocycles. The number of carboxylic acid groups (broad SMARTS) is 1. The summed E-state index contributed by atoms with van der Waals surface area (Å²) in [6.07, 6.45) is 6.84. The average molecular weight is 945 g/mol. The first-order chi connectivity index (χ1) is 31.7. The van der Waals surface area contributed by atoms with Gasteiger partial charge in [-0.3, -0.25) is 48.6 Å². The first-order valence-electron chi connectivity index (χ1n) is 23.0. The molecule has 5 N–H and O–H groups in total. The quantitative estimate of drug-likeness (QED) is 0.130. The fourth-order valence-electron chi connectivity index (χ4n) is 12.6. The minimum absolute atomic E-state index is 0.0886. The number of carbonyl (C=O) groups excluding carboxylic acids is 4. The number of hydrogen-bond donors (Lipinski definition) is 5. The van der Waals surface area contributed by atoms with Gasteiger partial charge >= 0.3 is 11.7 Å². The number of ether oxygens (including phenoxy) is 1. The molecule has 4 aromatic rings. The summed E-state index contributed by atoms with van der Waals surface area (Å²) in [4.78, 5) is 81.8. The van der Waals surface area contributed by atoms with E-state index in [1.807, 2.05) is 11.0 Å². The topological polar surface area (TPSA) is 193 Å². The third-order valence-electron chi connectivity index (χ3n) is 15.5. The molecule has 10 rings (SSSR count). The number of benzene rings is 3. The summed E-state index contributed by atoms with van der Waals surface area (Å²) in [5.74, 6) is -3.40. The van der Waals surface area contributed by atoms with Gasteiger partial charge in [-0.05, 0) is 92.3 Å². The standard InChI is InChI=1S/C48H52Cl2FN7O8/c1-56-36-21-28(13-15-34(36)58(46(56)65)35-16-17-38(59)54-42(35)60)66-29-22-37(44(62)63)57(24-29)23-25-8-11-27(12-9-25)52-43(61)41-39(30-6-5-7-32(50)40(30)51)48(47(55-41)18-3-2-4-19-47)31-14-10-26(49)20-33(31)53-45(48)64/h5-7,10,13-15,20-21,25,27,29,35,37,39,41,55H,2-4,8-9,11-12,16-19,22-24H2,1H3,(H,52,61)(H,53,64)(H,62,63)(H,54,59,60)/t25?,27?,29-,35?,37+,39+,41-,48-/m1/s1. The number of amides is 4. The second kappa shape index (κ2) is 17.1. The van der Waals surface area contributed by atoms with Crippen molar-refractivity contribution in [2.75, 3.05) is 18.4 Å². The molecule has 2 aliphatic carbocycles. The van der Waals surface area contributed by atoms with Gasteiger partial charge in [-0.2, -0.15) is 0 Å². The van der Waals surface area contributed by atoms with E-state index in [9.17, 15) is 33.9 Å². The number of rotatable bonds is 9. The number of aryl methyl sites for hydroxylation is 1. The van der Waals surface area contributed by atoms with Crippen molar-refractivity contribution in [3.63, 3.8) is 0 Å². The molecule has 5 fully saturated rings. The highest BCUT2D eigenvalue weighted by atomic mass is 35.5. The third-order valence-corrected chi connectivity index (χ3v) is 16.1. The molecule has 6 atom stereocenters. The van der Waals surface area contributed by atoms with E-state index >= 15 is 4.39 Å². The van der Waals surface area contributed by atoms with E-state index in [1.54, 1.807) is 49.5 Å². The smallest absolute Gasteiger partial charge is 0.329 e. The number of imidazole rings is 1. The van der Waals surface area contributed by atoms with Crippen LogP contribution < -0.4 is 31.7 Å². The van der Waals surface area contributed by atoms with Crippen LogP contribution in [0.25, 0.3) is 11.0 Å². The Hall–Kier alpha value is -5.29. The first kappa shape index (κ1) is 44.5. The number of carbonyl (C=O) groups is 5. The average Bonchev–Trinajstić information content (AvgIpc) is 3.98. The molecule has 1 unspecified atom stereocenters. The van der Waals surface area contributed by atoms with Crippen LogP contribution >= 0.6 is 23.2 Å². The molecule has 1 aromatic heterocycles. The van der Waals surface area contributed by atoms with Gasteiger partial charge in [0.2, 0.25) is 23.6 Å². The lowest BCUT2D eigenvalue weighted by Crippen LogP contribution is -2.60. The lowest BCUT2D eigenvalue weighted by atomic mass is 9.55. The zero-order chi connectivity index (χ0) is 46.2. The summed E-state index contributed by atoms with van der Waals surface area (Å²) in [5.41, 5.74) is -0.0542. The molecule has 2 saturated carbocycles. The number of aliphatic carboxylic acids is 1. The van der Waals surface area contributed by atoms with Gasteiger partial charge in [0, 0.05) is 67.3 Å². The molecule has 4 aliphatic heterocycles. The summed E-state index contributed by atoms with van der Waals surface area (Å²) in [7, 11) is 1.60. The predicted octanol–water partition coefficient (Wildman–Crippen LogP) is 5.69. The van der Waals surface area contributed by atoms with E-state index in [2.05, 4.69) is 21.3 Å². The number of nitrogens with zero attached hydrogens (tertiary/aromatic N) is 3. The number of piperidine rings is 1. The molecule has 4 amide bonds. The maximum atomic E-state index is 16.4. The first-order valence-corrected chi connectivity index (χ1v) is 23.8. The van der Waals surface area contributed by atoms with Crippen molar-refractivity contribution >= 4 is 69.5 Å². The van der Waals surface area contributed by atoms with Gasteiger partial charge < -0.3 is 20.5 Å². The highest BCUT2D eigenvalue weighted by Crippen LogP contribution is 2.63. The molecular weight excluding hydrogens is 892 g/mol. The Morgan fingerprint density at radius 3 is 2.45 bits per heavy atom. The van der Waals surface area contributed by atoms with Crippen molar-refractivity contribution < 1.29 is 38.2 Å². The van der Waals surface area contributed by atoms with Crippen LogP contribution in [0.1, 0.15) is 100 Å². The van der Waals surface area contributed by atoms with Crippen LogP contribution in [0.5, 0.6) is 5.75 Å². The number of fused-ring (bicyclic) bond motifs is 4. The van der Waals surface area contributed by atoms with Gasteiger partial charge in [0.25, 0.3) is 0 Å². The number of hydrogen-bond acceptors (Lipinski definition) is 9. The van der Waals surface area contributed by atoms with Crippen molar-refractivity contribution in [1.29, 1.82) is 0 Å². The van der Waals surface area contributed by atoms with Gasteiger partial charge in [0.05, 0.1) is 22.1 Å². The normalized spacial score (nSPS) is 29.6. The molecule has 6 aliphatic rings. The Labute approximate surface area is 389 Å². The summed E-state index contributed by atoms with van der Waals surface area (Å²) < 4.78 is 25.6. The van der Waals surface area contributed by atoms with E-state index in [1.165, 1.54) is 15.2 Å². The summed E-state index contributed by atoms with van der Waals surface area (Å²) in [5, 5.41) is 23.0. The van der Waals surface area contributed by atoms with E-state index in [0.29, 0.717) is 71.8 Å². The number of likely N-dealkylation sites (tertiary alicyclic amines) is 1. The molecular formula is C48H52Cl2FN7O8. The van der Waals surface area contributed by atoms with E-state index < -0.39 is 64.5 Å². The van der Waals surface area contributed by atoms with Crippen LogP contribution in [-0.2, 0) is 36.4 Å². The summed E-state index contributed by atoms with van der Waals surface area (Å²) in [6.45, 7) is 0.910. The Balaban J connectivity index is 0.827. The third kappa shape index (κ3) is 7.30. The Kier molecular flexibility index (Phi) is 11.5. The van der Waals surface area contributed by atoms with Crippen LogP contribution in [0, 0.1) is 11.7 Å². The van der Waals surface area contributed by atoms with E-state index in [4.69, 9.17) is 27.9 Å². The minimum atomic E-state index is -1.33. The number of halogens is 3. The fraction of sp³-hybridized carbons (Fsp3) is 0.500. The number of anilines is 1.